The highest BCUT2D eigenvalue weighted by Gasteiger charge is 2.61. The first-order valence-corrected chi connectivity index (χ1v) is 7.90. The Labute approximate surface area is 135 Å². The van der Waals surface area contributed by atoms with E-state index in [1.54, 1.807) is 12.1 Å². The molecule has 1 amide bonds. The molecule has 1 aromatic carbocycles. The predicted octanol–water partition coefficient (Wildman–Crippen LogP) is 1.78. The van der Waals surface area contributed by atoms with Crippen LogP contribution in [0.1, 0.15) is 18.4 Å². The Morgan fingerprint density at radius 1 is 1.50 bits per heavy atom. The molecule has 1 aliphatic heterocycles. The summed E-state index contributed by atoms with van der Waals surface area (Å²) in [6, 6.07) is 5.07. The van der Waals surface area contributed by atoms with Crippen LogP contribution in [0.4, 0.5) is 4.39 Å². The van der Waals surface area contributed by atoms with Gasteiger partial charge in [0.15, 0.2) is 0 Å². The summed E-state index contributed by atoms with van der Waals surface area (Å²) in [5.41, 5.74) is 0.652. The van der Waals surface area contributed by atoms with E-state index in [0.29, 0.717) is 11.6 Å². The average Bonchev–Trinajstić information content (AvgIpc) is 2.99. The second-order valence-corrected chi connectivity index (χ2v) is 7.12. The fourth-order valence-electron chi connectivity index (χ4n) is 3.55. The van der Waals surface area contributed by atoms with Crippen LogP contribution in [0.5, 0.6) is 0 Å². The number of carbonyl (C=O) groups excluding carboxylic acids is 1. The van der Waals surface area contributed by atoms with E-state index >= 15 is 0 Å². The molecule has 1 aliphatic carbocycles. The molecule has 1 saturated heterocycles. The molecule has 22 heavy (non-hydrogen) atoms. The number of nitrogens with zero attached hydrogens (tertiary/aromatic N) is 1. The summed E-state index contributed by atoms with van der Waals surface area (Å²) >= 11 is 5.74. The van der Waals surface area contributed by atoms with E-state index in [4.69, 9.17) is 11.6 Å². The van der Waals surface area contributed by atoms with Crippen LogP contribution in [-0.2, 0) is 11.3 Å². The number of hydrogen-bond acceptors (Lipinski definition) is 3. The van der Waals surface area contributed by atoms with Crippen LogP contribution in [0.2, 0.25) is 5.02 Å². The zero-order valence-electron chi connectivity index (χ0n) is 12.8. The lowest BCUT2D eigenvalue weighted by atomic mass is 9.99. The molecule has 0 spiro atoms. The maximum absolute atomic E-state index is 13.8. The molecule has 0 bridgehead atoms. The van der Waals surface area contributed by atoms with E-state index in [1.165, 1.54) is 6.07 Å². The number of carbonyl (C=O) groups is 1. The molecule has 3 atom stereocenters. The molecule has 1 saturated carbocycles. The van der Waals surface area contributed by atoms with Crippen LogP contribution in [0.25, 0.3) is 0 Å². The Kier molecular flexibility index (Phi) is 4.14. The molecule has 0 radical (unpaired) electrons. The Hall–Kier alpha value is -1.17. The Morgan fingerprint density at radius 2 is 2.27 bits per heavy atom. The van der Waals surface area contributed by atoms with Crippen molar-refractivity contribution in [2.24, 2.45) is 5.41 Å². The second-order valence-electron chi connectivity index (χ2n) is 6.71. The first-order chi connectivity index (χ1) is 10.4. The highest BCUT2D eigenvalue weighted by atomic mass is 35.5. The summed E-state index contributed by atoms with van der Waals surface area (Å²) in [5.74, 6) is -0.527. The molecule has 0 aromatic heterocycles. The quantitative estimate of drug-likeness (QED) is 0.867. The zero-order chi connectivity index (χ0) is 15.9. The SMILES string of the molecule is CN(C)CC12CC1N[C@H](C(=O)NCc1cccc(Cl)c1F)C2. The molecule has 2 N–H and O–H groups in total. The molecule has 120 valence electrons. The Morgan fingerprint density at radius 3 is 3.00 bits per heavy atom. The zero-order valence-corrected chi connectivity index (χ0v) is 13.6. The van der Waals surface area contributed by atoms with Crippen LogP contribution in [0.3, 0.4) is 0 Å². The van der Waals surface area contributed by atoms with Gasteiger partial charge in [-0.1, -0.05) is 23.7 Å². The Bertz CT molecular complexity index is 595. The van der Waals surface area contributed by atoms with Gasteiger partial charge in [0, 0.05) is 30.1 Å². The maximum atomic E-state index is 13.8. The van der Waals surface area contributed by atoms with Crippen molar-refractivity contribution in [2.45, 2.75) is 31.5 Å². The third kappa shape index (κ3) is 2.98. The number of rotatable bonds is 5. The van der Waals surface area contributed by atoms with Gasteiger partial charge in [-0.15, -0.1) is 0 Å². The van der Waals surface area contributed by atoms with Gasteiger partial charge in [-0.25, -0.2) is 4.39 Å². The highest BCUT2D eigenvalue weighted by molar-refractivity contribution is 6.30. The monoisotopic (exact) mass is 325 g/mol. The van der Waals surface area contributed by atoms with Gasteiger partial charge < -0.3 is 15.5 Å². The molecule has 3 rings (SSSR count). The van der Waals surface area contributed by atoms with Crippen molar-refractivity contribution in [2.75, 3.05) is 20.6 Å². The van der Waals surface area contributed by atoms with Gasteiger partial charge in [-0.05, 0) is 33.0 Å². The number of halogens is 2. The highest BCUT2D eigenvalue weighted by Crippen LogP contribution is 2.54. The van der Waals surface area contributed by atoms with E-state index in [0.717, 1.165) is 19.4 Å². The lowest BCUT2D eigenvalue weighted by molar-refractivity contribution is -0.123. The standard InChI is InChI=1S/C16H21ClFN3O/c1-21(2)9-16-6-12(20-13(16)7-16)15(22)19-8-10-4-3-5-11(17)14(10)18/h3-5,12-13,20H,6-9H2,1-2H3,(H,19,22)/t12-,13?,16?/m0/s1. The van der Waals surface area contributed by atoms with Crippen molar-refractivity contribution < 1.29 is 9.18 Å². The van der Waals surface area contributed by atoms with Gasteiger partial charge in [0.05, 0.1) is 11.1 Å². The number of piperidine rings is 1. The minimum absolute atomic E-state index is 0.0651. The van der Waals surface area contributed by atoms with Gasteiger partial charge >= 0.3 is 0 Å². The molecule has 1 heterocycles. The number of benzene rings is 1. The molecule has 4 nitrogen and oxygen atoms in total. The van der Waals surface area contributed by atoms with Crippen molar-refractivity contribution >= 4 is 17.5 Å². The first-order valence-electron chi connectivity index (χ1n) is 7.53. The van der Waals surface area contributed by atoms with Gasteiger partial charge in [0.2, 0.25) is 5.91 Å². The smallest absolute Gasteiger partial charge is 0.237 e. The maximum Gasteiger partial charge on any atom is 0.237 e. The van der Waals surface area contributed by atoms with Gasteiger partial charge in [0.1, 0.15) is 5.82 Å². The molecular formula is C16H21ClFN3O. The number of fused-ring (bicyclic) bond motifs is 1. The number of hydrogen-bond donors (Lipinski definition) is 2. The lowest BCUT2D eigenvalue weighted by Crippen LogP contribution is -2.42. The summed E-state index contributed by atoms with van der Waals surface area (Å²) in [4.78, 5) is 14.4. The summed E-state index contributed by atoms with van der Waals surface area (Å²) < 4.78 is 13.8. The molecular weight excluding hydrogens is 305 g/mol. The van der Waals surface area contributed by atoms with Crippen molar-refractivity contribution in [3.05, 3.63) is 34.6 Å². The third-order valence-corrected chi connectivity index (χ3v) is 4.93. The molecule has 2 unspecified atom stereocenters. The summed E-state index contributed by atoms with van der Waals surface area (Å²) in [6.07, 6.45) is 1.98. The van der Waals surface area contributed by atoms with Crippen molar-refractivity contribution in [1.29, 1.82) is 0 Å². The minimum Gasteiger partial charge on any atom is -0.351 e. The van der Waals surface area contributed by atoms with E-state index < -0.39 is 5.82 Å². The third-order valence-electron chi connectivity index (χ3n) is 4.63. The number of amides is 1. The lowest BCUT2D eigenvalue weighted by Gasteiger charge is -2.19. The second kappa shape index (κ2) is 5.80. The Balaban J connectivity index is 1.55. The molecule has 1 aromatic rings. The molecule has 6 heteroatoms. The van der Waals surface area contributed by atoms with Gasteiger partial charge in [-0.3, -0.25) is 4.79 Å². The van der Waals surface area contributed by atoms with E-state index in [9.17, 15) is 9.18 Å². The summed E-state index contributed by atoms with van der Waals surface area (Å²) in [7, 11) is 4.11. The van der Waals surface area contributed by atoms with Gasteiger partial charge in [-0.2, -0.15) is 0 Å². The van der Waals surface area contributed by atoms with E-state index in [1.807, 2.05) is 0 Å². The van der Waals surface area contributed by atoms with Crippen molar-refractivity contribution in [3.8, 4) is 0 Å². The van der Waals surface area contributed by atoms with Crippen molar-refractivity contribution in [3.63, 3.8) is 0 Å². The number of nitrogens with one attached hydrogen (secondary N) is 2. The first kappa shape index (κ1) is 15.7. The van der Waals surface area contributed by atoms with E-state index in [-0.39, 0.29) is 28.9 Å². The van der Waals surface area contributed by atoms with Crippen molar-refractivity contribution in [1.82, 2.24) is 15.5 Å². The molecule has 2 aliphatic rings. The van der Waals surface area contributed by atoms with E-state index in [2.05, 4.69) is 29.6 Å². The topological polar surface area (TPSA) is 44.4 Å². The van der Waals surface area contributed by atoms with Crippen LogP contribution in [0, 0.1) is 11.2 Å². The van der Waals surface area contributed by atoms with Crippen LogP contribution in [-0.4, -0.2) is 43.5 Å². The van der Waals surface area contributed by atoms with Crippen LogP contribution >= 0.6 is 11.6 Å². The summed E-state index contributed by atoms with van der Waals surface area (Å²) in [6.45, 7) is 1.16. The minimum atomic E-state index is -0.462. The average molecular weight is 326 g/mol. The van der Waals surface area contributed by atoms with Gasteiger partial charge in [0.25, 0.3) is 0 Å². The van der Waals surface area contributed by atoms with Crippen LogP contribution < -0.4 is 10.6 Å². The predicted molar refractivity (Wildman–Crippen MR) is 84.2 cm³/mol. The fourth-order valence-corrected chi connectivity index (χ4v) is 3.74. The largest absolute Gasteiger partial charge is 0.351 e. The summed E-state index contributed by atoms with van der Waals surface area (Å²) in [5, 5.41) is 6.26. The fraction of sp³-hybridized carbons (Fsp3) is 0.562. The van der Waals surface area contributed by atoms with Crippen LogP contribution in [0.15, 0.2) is 18.2 Å². The normalized spacial score (nSPS) is 29.5. The molecule has 2 fully saturated rings.